The highest BCUT2D eigenvalue weighted by atomic mass is 16.4. The Hall–Kier alpha value is -1.50. The average molecular weight is 182 g/mol. The largest absolute Gasteiger partial charge is 0.477 e. The number of hydrazone groups is 1. The third-order valence-electron chi connectivity index (χ3n) is 1.22. The number of carboxylic acid groups (broad SMARTS) is 1. The molecule has 0 aromatic carbocycles. The lowest BCUT2D eigenvalue weighted by Gasteiger charge is -1.93. The number of carboxylic acids is 1. The monoisotopic (exact) mass is 182 g/mol. The molecule has 0 fully saturated rings. The lowest BCUT2D eigenvalue weighted by atomic mass is 10.3. The number of hydrogen-bond donors (Lipinski definition) is 2. The van der Waals surface area contributed by atoms with E-state index < -0.39 is 5.97 Å². The standard InChI is InChI=1S/C9H14N2O2/c1-3-4-5-6-7-10-11-8(2)9(12)13/h10H,3-4,7H2,1-2H3,(H,12,13)/b11-8-. The number of rotatable bonds is 4. The summed E-state index contributed by atoms with van der Waals surface area (Å²) in [5, 5.41) is 12.0. The SMILES string of the molecule is CCCC#CCN/N=C(/C)C(=O)O. The molecule has 72 valence electrons. The van der Waals surface area contributed by atoms with Crippen LogP contribution in [0.3, 0.4) is 0 Å². The topological polar surface area (TPSA) is 61.7 Å². The predicted octanol–water partition coefficient (Wildman–Crippen LogP) is 0.840. The maximum absolute atomic E-state index is 10.3. The summed E-state index contributed by atoms with van der Waals surface area (Å²) in [7, 11) is 0. The molecule has 0 amide bonds. The molecule has 0 aliphatic heterocycles. The van der Waals surface area contributed by atoms with Crippen LogP contribution in [0.25, 0.3) is 0 Å². The number of hydrogen-bond acceptors (Lipinski definition) is 3. The van der Waals surface area contributed by atoms with E-state index in [4.69, 9.17) is 5.11 Å². The van der Waals surface area contributed by atoms with Crippen LogP contribution >= 0.6 is 0 Å². The molecule has 0 aliphatic carbocycles. The second-order valence-corrected chi connectivity index (χ2v) is 2.44. The second-order valence-electron chi connectivity index (χ2n) is 2.44. The van der Waals surface area contributed by atoms with Gasteiger partial charge in [0.2, 0.25) is 0 Å². The van der Waals surface area contributed by atoms with Crippen LogP contribution in [0.2, 0.25) is 0 Å². The van der Waals surface area contributed by atoms with E-state index >= 15 is 0 Å². The maximum atomic E-state index is 10.3. The van der Waals surface area contributed by atoms with Crippen molar-refractivity contribution in [1.82, 2.24) is 5.43 Å². The summed E-state index contributed by atoms with van der Waals surface area (Å²) in [6, 6.07) is 0. The molecule has 0 aromatic heterocycles. The van der Waals surface area contributed by atoms with Crippen molar-refractivity contribution in [3.63, 3.8) is 0 Å². The summed E-state index contributed by atoms with van der Waals surface area (Å²) in [5.74, 6) is 4.71. The summed E-state index contributed by atoms with van der Waals surface area (Å²) < 4.78 is 0. The number of nitrogens with one attached hydrogen (secondary N) is 1. The van der Waals surface area contributed by atoms with Gasteiger partial charge in [-0.05, 0) is 13.3 Å². The molecule has 0 saturated heterocycles. The maximum Gasteiger partial charge on any atom is 0.351 e. The average Bonchev–Trinajstić information content (AvgIpc) is 2.10. The molecule has 0 saturated carbocycles. The van der Waals surface area contributed by atoms with Gasteiger partial charge in [0.05, 0.1) is 6.54 Å². The van der Waals surface area contributed by atoms with Gasteiger partial charge in [0.15, 0.2) is 0 Å². The van der Waals surface area contributed by atoms with Gasteiger partial charge in [0.25, 0.3) is 0 Å². The van der Waals surface area contributed by atoms with Crippen molar-refractivity contribution in [2.24, 2.45) is 5.10 Å². The van der Waals surface area contributed by atoms with Gasteiger partial charge >= 0.3 is 5.97 Å². The van der Waals surface area contributed by atoms with Crippen molar-refractivity contribution >= 4 is 11.7 Å². The molecule has 0 unspecified atom stereocenters. The molecule has 0 rings (SSSR count). The predicted molar refractivity (Wildman–Crippen MR) is 51.4 cm³/mol. The molecule has 4 heteroatoms. The smallest absolute Gasteiger partial charge is 0.351 e. The first-order valence-electron chi connectivity index (χ1n) is 4.14. The Morgan fingerprint density at radius 3 is 2.77 bits per heavy atom. The van der Waals surface area contributed by atoms with E-state index in [1.54, 1.807) is 0 Å². The van der Waals surface area contributed by atoms with E-state index in [1.807, 2.05) is 0 Å². The molecule has 4 nitrogen and oxygen atoms in total. The molecule has 0 spiro atoms. The fourth-order valence-corrected chi connectivity index (χ4v) is 0.521. The Morgan fingerprint density at radius 1 is 1.54 bits per heavy atom. The van der Waals surface area contributed by atoms with Crippen molar-refractivity contribution in [3.8, 4) is 11.8 Å². The lowest BCUT2D eigenvalue weighted by molar-refractivity contribution is -0.129. The summed E-state index contributed by atoms with van der Waals surface area (Å²) in [6.07, 6.45) is 1.90. The lowest BCUT2D eigenvalue weighted by Crippen LogP contribution is -2.15. The summed E-state index contributed by atoms with van der Waals surface area (Å²) in [5.41, 5.74) is 2.60. The van der Waals surface area contributed by atoms with E-state index in [0.717, 1.165) is 12.8 Å². The highest BCUT2D eigenvalue weighted by molar-refractivity contribution is 6.34. The third kappa shape index (κ3) is 6.88. The molecule has 0 radical (unpaired) electrons. The fraction of sp³-hybridized carbons (Fsp3) is 0.556. The Kier molecular flexibility index (Phi) is 6.34. The Bertz CT molecular complexity index is 248. The minimum Gasteiger partial charge on any atom is -0.477 e. The van der Waals surface area contributed by atoms with Crippen molar-refractivity contribution in [3.05, 3.63) is 0 Å². The molecule has 2 N–H and O–H groups in total. The van der Waals surface area contributed by atoms with Crippen LogP contribution in [0.15, 0.2) is 5.10 Å². The van der Waals surface area contributed by atoms with Gasteiger partial charge in [-0.3, -0.25) is 5.43 Å². The van der Waals surface area contributed by atoms with Gasteiger partial charge in [-0.25, -0.2) is 4.79 Å². The number of nitrogens with zero attached hydrogens (tertiary/aromatic N) is 1. The molecule has 0 bridgehead atoms. The molecule has 0 atom stereocenters. The van der Waals surface area contributed by atoms with Gasteiger partial charge in [0, 0.05) is 6.42 Å². The molecule has 0 aromatic rings. The highest BCUT2D eigenvalue weighted by Crippen LogP contribution is 1.80. The number of unbranched alkanes of at least 4 members (excludes halogenated alkanes) is 1. The van der Waals surface area contributed by atoms with Gasteiger partial charge in [0.1, 0.15) is 5.71 Å². The van der Waals surface area contributed by atoms with Crippen molar-refractivity contribution < 1.29 is 9.90 Å². The van der Waals surface area contributed by atoms with Gasteiger partial charge in [-0.2, -0.15) is 5.10 Å². The Labute approximate surface area is 78.0 Å². The fourth-order valence-electron chi connectivity index (χ4n) is 0.521. The first-order valence-corrected chi connectivity index (χ1v) is 4.14. The van der Waals surface area contributed by atoms with E-state index in [9.17, 15) is 4.79 Å². The van der Waals surface area contributed by atoms with Crippen LogP contribution in [0.1, 0.15) is 26.7 Å². The number of aliphatic carboxylic acids is 1. The van der Waals surface area contributed by atoms with Gasteiger partial charge < -0.3 is 5.11 Å². The van der Waals surface area contributed by atoms with E-state index in [-0.39, 0.29) is 5.71 Å². The Morgan fingerprint density at radius 2 is 2.23 bits per heavy atom. The summed E-state index contributed by atoms with van der Waals surface area (Å²) in [6.45, 7) is 3.87. The zero-order chi connectivity index (χ0) is 10.1. The van der Waals surface area contributed by atoms with Crippen LogP contribution in [-0.4, -0.2) is 23.3 Å². The van der Waals surface area contributed by atoms with Gasteiger partial charge in [-0.15, -0.1) is 5.92 Å². The number of carbonyl (C=O) groups is 1. The van der Waals surface area contributed by atoms with Crippen molar-refractivity contribution in [2.45, 2.75) is 26.7 Å². The normalized spacial score (nSPS) is 10.2. The zero-order valence-electron chi connectivity index (χ0n) is 7.92. The zero-order valence-corrected chi connectivity index (χ0v) is 7.92. The molecular formula is C9H14N2O2. The quantitative estimate of drug-likeness (QED) is 0.293. The second kappa shape index (κ2) is 7.17. The van der Waals surface area contributed by atoms with Crippen LogP contribution in [-0.2, 0) is 4.79 Å². The van der Waals surface area contributed by atoms with Crippen molar-refractivity contribution in [1.29, 1.82) is 0 Å². The highest BCUT2D eigenvalue weighted by Gasteiger charge is 1.98. The molecule has 0 heterocycles. The van der Waals surface area contributed by atoms with Crippen LogP contribution < -0.4 is 5.43 Å². The molecule has 13 heavy (non-hydrogen) atoms. The van der Waals surface area contributed by atoms with Gasteiger partial charge in [-0.1, -0.05) is 12.8 Å². The van der Waals surface area contributed by atoms with Crippen molar-refractivity contribution in [2.75, 3.05) is 6.54 Å². The summed E-state index contributed by atoms with van der Waals surface area (Å²) in [4.78, 5) is 10.3. The molecule has 0 aliphatic rings. The van der Waals surface area contributed by atoms with E-state index in [2.05, 4.69) is 29.3 Å². The minimum absolute atomic E-state index is 0.0392. The first-order chi connectivity index (χ1) is 6.18. The minimum atomic E-state index is -1.02. The van der Waals surface area contributed by atoms with Crippen LogP contribution in [0.5, 0.6) is 0 Å². The van der Waals surface area contributed by atoms with E-state index in [0.29, 0.717) is 6.54 Å². The Balaban J connectivity index is 3.63. The van der Waals surface area contributed by atoms with Crippen LogP contribution in [0, 0.1) is 11.8 Å². The first kappa shape index (κ1) is 11.5. The molecular weight excluding hydrogens is 168 g/mol. The third-order valence-corrected chi connectivity index (χ3v) is 1.22. The van der Waals surface area contributed by atoms with Crippen LogP contribution in [0.4, 0.5) is 0 Å². The van der Waals surface area contributed by atoms with E-state index in [1.165, 1.54) is 6.92 Å². The summed E-state index contributed by atoms with van der Waals surface area (Å²) >= 11 is 0.